The topological polar surface area (TPSA) is 154 Å². The number of carbonyl (C=O) groups is 1. The molecule has 20 heavy (non-hydrogen) atoms. The van der Waals surface area contributed by atoms with Gasteiger partial charge in [0.25, 0.3) is 5.91 Å². The lowest BCUT2D eigenvalue weighted by Crippen LogP contribution is -2.24. The lowest BCUT2D eigenvalue weighted by molar-refractivity contribution is -0.380. The predicted octanol–water partition coefficient (Wildman–Crippen LogP) is -0.625. The normalized spacial score (nSPS) is 10.8. The molecule has 0 bridgehead atoms. The summed E-state index contributed by atoms with van der Waals surface area (Å²) in [5, 5.41) is 24.3. The van der Waals surface area contributed by atoms with Crippen LogP contribution in [0.1, 0.15) is 4.88 Å². The number of amides is 1. The van der Waals surface area contributed by atoms with Crippen LogP contribution in [0.15, 0.2) is 17.2 Å². The molecule has 0 unspecified atom stereocenters. The maximum atomic E-state index is 11.5. The summed E-state index contributed by atoms with van der Waals surface area (Å²) in [6.45, 7) is -0.180. The van der Waals surface area contributed by atoms with Crippen molar-refractivity contribution >= 4 is 34.4 Å². The Morgan fingerprint density at radius 2 is 2.45 bits per heavy atom. The first-order valence-corrected chi connectivity index (χ1v) is 5.95. The van der Waals surface area contributed by atoms with Crippen LogP contribution < -0.4 is 11.2 Å². The van der Waals surface area contributed by atoms with Crippen LogP contribution in [0.4, 0.5) is 10.9 Å². The van der Waals surface area contributed by atoms with Crippen molar-refractivity contribution in [3.05, 3.63) is 27.1 Å². The fourth-order valence-corrected chi connectivity index (χ4v) is 1.87. The molecule has 104 valence electrons. The monoisotopic (exact) mass is 296 g/mol. The Balaban J connectivity index is 1.87. The van der Waals surface area contributed by atoms with E-state index < -0.39 is 10.8 Å². The molecule has 0 radical (unpaired) electrons. The van der Waals surface area contributed by atoms with Crippen LogP contribution in [0.2, 0.25) is 0 Å². The molecular weight excluding hydrogens is 288 g/mol. The number of tetrazole rings is 1. The van der Waals surface area contributed by atoms with Crippen LogP contribution in [0, 0.1) is 10.1 Å². The van der Waals surface area contributed by atoms with E-state index in [0.29, 0.717) is 4.88 Å². The zero-order chi connectivity index (χ0) is 14.5. The SMILES string of the molecule is Nc1nnnn1CC(=O)N/N=C\c1ccc([N+](=O)[O-])s1. The van der Waals surface area contributed by atoms with Crippen molar-refractivity contribution in [2.24, 2.45) is 5.10 Å². The number of anilines is 1. The molecule has 2 aromatic rings. The van der Waals surface area contributed by atoms with Crippen LogP contribution in [0.25, 0.3) is 0 Å². The molecule has 0 spiro atoms. The summed E-state index contributed by atoms with van der Waals surface area (Å²) in [4.78, 5) is 22.0. The third-order valence-electron chi connectivity index (χ3n) is 2.03. The number of rotatable bonds is 5. The first-order valence-electron chi connectivity index (χ1n) is 5.14. The summed E-state index contributed by atoms with van der Waals surface area (Å²) >= 11 is 0.943. The third kappa shape index (κ3) is 3.32. The minimum absolute atomic E-state index is 0.000704. The highest BCUT2D eigenvalue weighted by atomic mass is 32.1. The van der Waals surface area contributed by atoms with E-state index in [1.165, 1.54) is 18.3 Å². The lowest BCUT2D eigenvalue weighted by Gasteiger charge is -1.99. The first-order chi connectivity index (χ1) is 9.56. The highest BCUT2D eigenvalue weighted by Gasteiger charge is 2.09. The van der Waals surface area contributed by atoms with Crippen LogP contribution in [0.5, 0.6) is 0 Å². The summed E-state index contributed by atoms with van der Waals surface area (Å²) in [6, 6.07) is 2.88. The Morgan fingerprint density at radius 1 is 1.65 bits per heavy atom. The molecule has 0 aliphatic rings. The van der Waals surface area contributed by atoms with Gasteiger partial charge in [-0.3, -0.25) is 14.9 Å². The number of nitrogens with one attached hydrogen (secondary N) is 1. The highest BCUT2D eigenvalue weighted by Crippen LogP contribution is 2.22. The van der Waals surface area contributed by atoms with Crippen molar-refractivity contribution in [1.29, 1.82) is 0 Å². The Kier molecular flexibility index (Phi) is 3.95. The molecule has 12 heteroatoms. The van der Waals surface area contributed by atoms with Gasteiger partial charge in [0.05, 0.1) is 16.0 Å². The van der Waals surface area contributed by atoms with Crippen LogP contribution in [-0.4, -0.2) is 37.3 Å². The van der Waals surface area contributed by atoms with E-state index in [-0.39, 0.29) is 17.5 Å². The van der Waals surface area contributed by atoms with Gasteiger partial charge in [0.15, 0.2) is 0 Å². The fraction of sp³-hybridized carbons (Fsp3) is 0.125. The number of thiophene rings is 1. The minimum Gasteiger partial charge on any atom is -0.367 e. The number of hydrogen-bond acceptors (Lipinski definition) is 9. The number of aromatic nitrogens is 4. The largest absolute Gasteiger partial charge is 0.367 e. The zero-order valence-electron chi connectivity index (χ0n) is 9.83. The van der Waals surface area contributed by atoms with Gasteiger partial charge in [0.2, 0.25) is 5.95 Å². The van der Waals surface area contributed by atoms with Crippen molar-refractivity contribution in [2.45, 2.75) is 6.54 Å². The smallest absolute Gasteiger partial charge is 0.324 e. The van der Waals surface area contributed by atoms with E-state index in [1.54, 1.807) is 0 Å². The molecule has 0 atom stereocenters. The van der Waals surface area contributed by atoms with Crippen LogP contribution in [-0.2, 0) is 11.3 Å². The minimum atomic E-state index is -0.499. The lowest BCUT2D eigenvalue weighted by atomic mass is 10.5. The number of nitrogens with two attached hydrogens (primary N) is 1. The molecule has 0 aliphatic carbocycles. The van der Waals surface area contributed by atoms with Gasteiger partial charge in [0, 0.05) is 6.07 Å². The second-order valence-corrected chi connectivity index (χ2v) is 4.51. The van der Waals surface area contributed by atoms with Crippen molar-refractivity contribution < 1.29 is 9.72 Å². The Labute approximate surface area is 115 Å². The van der Waals surface area contributed by atoms with E-state index >= 15 is 0 Å². The number of carbonyl (C=O) groups excluding carboxylic acids is 1. The van der Waals surface area contributed by atoms with Crippen LogP contribution >= 0.6 is 11.3 Å². The van der Waals surface area contributed by atoms with E-state index in [0.717, 1.165) is 16.0 Å². The van der Waals surface area contributed by atoms with Crippen LogP contribution in [0.3, 0.4) is 0 Å². The first kappa shape index (κ1) is 13.5. The van der Waals surface area contributed by atoms with E-state index in [2.05, 4.69) is 26.1 Å². The molecule has 1 amide bonds. The molecule has 11 nitrogen and oxygen atoms in total. The number of nitrogen functional groups attached to an aromatic ring is 1. The van der Waals surface area contributed by atoms with Crippen molar-refractivity contribution in [3.63, 3.8) is 0 Å². The Morgan fingerprint density at radius 3 is 3.05 bits per heavy atom. The van der Waals surface area contributed by atoms with Gasteiger partial charge in [-0.25, -0.2) is 10.1 Å². The molecule has 0 fully saturated rings. The molecule has 0 saturated carbocycles. The molecule has 0 aromatic carbocycles. The zero-order valence-corrected chi connectivity index (χ0v) is 10.6. The molecule has 2 aromatic heterocycles. The molecule has 2 rings (SSSR count). The van der Waals surface area contributed by atoms with E-state index in [9.17, 15) is 14.9 Å². The molecule has 0 aliphatic heterocycles. The van der Waals surface area contributed by atoms with Gasteiger partial charge in [-0.1, -0.05) is 16.4 Å². The summed E-state index contributed by atoms with van der Waals surface area (Å²) in [5.74, 6) is -0.468. The van der Waals surface area contributed by atoms with Gasteiger partial charge in [-0.05, 0) is 16.5 Å². The fourth-order valence-electron chi connectivity index (χ4n) is 1.17. The predicted molar refractivity (Wildman–Crippen MR) is 68.9 cm³/mol. The summed E-state index contributed by atoms with van der Waals surface area (Å²) in [7, 11) is 0. The van der Waals surface area contributed by atoms with E-state index in [1.807, 2.05) is 0 Å². The average Bonchev–Trinajstić information content (AvgIpc) is 3.00. The van der Waals surface area contributed by atoms with E-state index in [4.69, 9.17) is 5.73 Å². The quantitative estimate of drug-likeness (QED) is 0.423. The molecule has 0 saturated heterocycles. The van der Waals surface area contributed by atoms with Gasteiger partial charge < -0.3 is 5.73 Å². The standard InChI is InChI=1S/C8H8N8O3S/c9-8-12-13-14-15(8)4-6(17)11-10-3-5-1-2-7(20-5)16(18)19/h1-3H,4H2,(H,11,17)(H2,9,12,14)/b10-3-. The number of hydrazone groups is 1. The molecule has 2 heterocycles. The Hall–Kier alpha value is -2.89. The number of nitrogens with zero attached hydrogens (tertiary/aromatic N) is 6. The van der Waals surface area contributed by atoms with Gasteiger partial charge >= 0.3 is 5.00 Å². The Bertz CT molecular complexity index is 662. The number of nitro groups is 1. The summed E-state index contributed by atoms with van der Waals surface area (Å²) < 4.78 is 1.10. The van der Waals surface area contributed by atoms with Gasteiger partial charge in [0.1, 0.15) is 6.54 Å². The third-order valence-corrected chi connectivity index (χ3v) is 3.00. The molecular formula is C8H8N8O3S. The summed E-state index contributed by atoms with van der Waals surface area (Å²) in [6.07, 6.45) is 1.30. The average molecular weight is 296 g/mol. The van der Waals surface area contributed by atoms with Crippen molar-refractivity contribution in [2.75, 3.05) is 5.73 Å². The molecule has 3 N–H and O–H groups in total. The van der Waals surface area contributed by atoms with Gasteiger partial charge in [-0.15, -0.1) is 0 Å². The maximum Gasteiger partial charge on any atom is 0.324 e. The second-order valence-electron chi connectivity index (χ2n) is 3.42. The van der Waals surface area contributed by atoms with Crippen molar-refractivity contribution in [3.8, 4) is 0 Å². The number of hydrogen-bond donors (Lipinski definition) is 2. The highest BCUT2D eigenvalue weighted by molar-refractivity contribution is 7.16. The van der Waals surface area contributed by atoms with Crippen molar-refractivity contribution in [1.82, 2.24) is 25.6 Å². The second kappa shape index (κ2) is 5.83. The maximum absolute atomic E-state index is 11.5. The van der Waals surface area contributed by atoms with Gasteiger partial charge in [-0.2, -0.15) is 5.10 Å². The summed E-state index contributed by atoms with van der Waals surface area (Å²) in [5.41, 5.74) is 7.62.